The van der Waals surface area contributed by atoms with Gasteiger partial charge >= 0.3 is 11.9 Å². The SMILES string of the molecule is C.C.CC1=C(C)C(=O)N(C)C1=O.CC1=CC(=O)N(C)C1=O.CC1CC(=O)N(C)C1=O.CCC(=O)CC(C)C(=O)O.CCC(C)=O.CCC(CC)C(C)=O.CNC(=O)C(C)CC(=O)O.COC1CC(C)C(=O)N1C.CSC. The molecule has 0 spiro atoms. The van der Waals surface area contributed by atoms with Crippen LogP contribution in [0, 0.1) is 29.6 Å². The number of carboxylic acid groups (broad SMARTS) is 2. The Hall–Kier alpha value is -5.90. The summed E-state index contributed by atoms with van der Waals surface area (Å²) in [5.74, 6) is -2.82. The number of carboxylic acids is 2. The Balaban J connectivity index is -0.000000142. The highest BCUT2D eigenvalue weighted by Gasteiger charge is 2.34. The van der Waals surface area contributed by atoms with Gasteiger partial charge in [0, 0.05) is 121 Å². The Labute approximate surface area is 458 Å². The van der Waals surface area contributed by atoms with Crippen LogP contribution in [0.2, 0.25) is 0 Å². The van der Waals surface area contributed by atoms with Crippen LogP contribution in [0.3, 0.4) is 0 Å². The lowest BCUT2D eigenvalue weighted by molar-refractivity contribution is -0.143. The third kappa shape index (κ3) is 34.6. The van der Waals surface area contributed by atoms with E-state index in [9.17, 15) is 62.3 Å². The predicted molar refractivity (Wildman–Crippen MR) is 297 cm³/mol. The molecular formula is C54H97N5O16S. The van der Waals surface area contributed by atoms with E-state index in [2.05, 4.69) is 19.2 Å². The Morgan fingerprint density at radius 1 is 0.711 bits per heavy atom. The molecule has 0 aliphatic carbocycles. The number of rotatable bonds is 12. The van der Waals surface area contributed by atoms with E-state index in [-0.39, 0.29) is 105 Å². The van der Waals surface area contributed by atoms with Crippen molar-refractivity contribution in [2.24, 2.45) is 29.6 Å². The molecule has 2 saturated heterocycles. The fourth-order valence-corrected chi connectivity index (χ4v) is 5.91. The number of ether oxygens (including phenoxy) is 1. The van der Waals surface area contributed by atoms with Crippen LogP contribution in [0.4, 0.5) is 0 Å². The van der Waals surface area contributed by atoms with E-state index in [1.807, 2.05) is 26.4 Å². The molecule has 0 aromatic carbocycles. The van der Waals surface area contributed by atoms with Gasteiger partial charge in [0.1, 0.15) is 23.6 Å². The zero-order valence-corrected chi connectivity index (χ0v) is 48.8. The van der Waals surface area contributed by atoms with Crippen molar-refractivity contribution in [3.05, 3.63) is 22.8 Å². The normalized spacial score (nSPS) is 17.5. The van der Waals surface area contributed by atoms with Crippen molar-refractivity contribution in [3.63, 3.8) is 0 Å². The van der Waals surface area contributed by atoms with Crippen LogP contribution >= 0.6 is 11.8 Å². The lowest BCUT2D eigenvalue weighted by Crippen LogP contribution is -2.30. The summed E-state index contributed by atoms with van der Waals surface area (Å²) in [7, 11) is 9.38. The van der Waals surface area contributed by atoms with Gasteiger partial charge in [-0.2, -0.15) is 11.8 Å². The van der Waals surface area contributed by atoms with Crippen LogP contribution < -0.4 is 5.32 Å². The first kappa shape index (κ1) is 84.1. The van der Waals surface area contributed by atoms with Gasteiger partial charge in [-0.1, -0.05) is 70.2 Å². The van der Waals surface area contributed by atoms with Gasteiger partial charge in [0.15, 0.2) is 0 Å². The summed E-state index contributed by atoms with van der Waals surface area (Å²) in [6.45, 7) is 22.7. The maximum Gasteiger partial charge on any atom is 0.306 e. The van der Waals surface area contributed by atoms with Crippen LogP contribution in [0.1, 0.15) is 156 Å². The number of methoxy groups -OCH3 is 1. The van der Waals surface area contributed by atoms with E-state index in [1.54, 1.807) is 86.2 Å². The van der Waals surface area contributed by atoms with Crippen LogP contribution in [0.25, 0.3) is 0 Å². The number of amides is 8. The highest BCUT2D eigenvalue weighted by atomic mass is 32.2. The van der Waals surface area contributed by atoms with E-state index >= 15 is 0 Å². The van der Waals surface area contributed by atoms with Gasteiger partial charge < -0.3 is 30.0 Å². The fraction of sp³-hybridized carbons (Fsp3) is 0.685. The highest BCUT2D eigenvalue weighted by Crippen LogP contribution is 2.22. The van der Waals surface area contributed by atoms with Crippen LogP contribution in [0.15, 0.2) is 22.8 Å². The Morgan fingerprint density at radius 3 is 1.29 bits per heavy atom. The standard InChI is InChI=1S/C7H13NO2.C7H9NO2.C7H12O3.C7H14O.C6H11NO3.C6H9NO2.C6H7NO2.C4H8O.C2H6S.2CH4/c1-5-4-6(10-3)8(2)7(5)9;1-4-5(2)7(10)8(3)6(4)9;1-3-6(8)4-5(2)7(9)10;1-4-7(5-2)6(3)8;1-4(3-5(8)9)6(10)7-2;2*1-4-3-5(8)7(2)6(4)9;1-3-4(2)5;1-3-2;;/h5-6H,4H2,1-3H3;1-3H3;5H,3-4H2,1-2H3,(H,9,10);7H,4-5H2,1-3H3;4H,3H2,1-2H3,(H,7,10)(H,8,9);4H,3H2,1-2H3;3H,1-2H3;3H2,1-2H3;1-2H3;2*1H4. The van der Waals surface area contributed by atoms with Crippen molar-refractivity contribution < 1.29 is 77.3 Å². The number of nitrogens with zero attached hydrogens (tertiary/aromatic N) is 4. The number of Topliss-reactive ketones (excluding diaryl/α,β-unsaturated/α-hetero) is 3. The van der Waals surface area contributed by atoms with E-state index in [0.717, 1.165) is 29.1 Å². The lowest BCUT2D eigenvalue weighted by atomic mass is 10.00. The molecule has 0 aromatic heterocycles. The number of nitrogens with one attached hydrogen (secondary N) is 1. The summed E-state index contributed by atoms with van der Waals surface area (Å²) in [5, 5.41) is 19.0. The predicted octanol–water partition coefficient (Wildman–Crippen LogP) is 6.89. The molecule has 0 saturated carbocycles. The van der Waals surface area contributed by atoms with Crippen molar-refractivity contribution in [3.8, 4) is 0 Å². The number of hydrogen-bond donors (Lipinski definition) is 3. The molecule has 5 atom stereocenters. The average Bonchev–Trinajstić information content (AvgIpc) is 3.89. The third-order valence-corrected chi connectivity index (χ3v) is 11.3. The molecule has 3 N–H and O–H groups in total. The largest absolute Gasteiger partial charge is 0.481 e. The molecule has 4 heterocycles. The first-order valence-corrected chi connectivity index (χ1v) is 25.8. The van der Waals surface area contributed by atoms with Crippen LogP contribution in [0.5, 0.6) is 0 Å². The van der Waals surface area contributed by atoms with Crippen molar-refractivity contribution in [2.75, 3.05) is 54.9 Å². The van der Waals surface area contributed by atoms with Gasteiger partial charge in [-0.3, -0.25) is 72.2 Å². The zero-order chi connectivity index (χ0) is 59.5. The molecule has 4 aliphatic rings. The van der Waals surface area contributed by atoms with Crippen molar-refractivity contribution in [1.82, 2.24) is 24.9 Å². The Bertz CT molecular complexity index is 1960. The number of likely N-dealkylation sites (N-methyl/N-ethyl adjacent to an activating group) is 2. The topological polar surface area (TPSA) is 297 Å². The van der Waals surface area contributed by atoms with Crippen molar-refractivity contribution >= 4 is 88.3 Å². The first-order valence-electron chi connectivity index (χ1n) is 24.2. The summed E-state index contributed by atoms with van der Waals surface area (Å²) < 4.78 is 5.07. The molecule has 4 aliphatic heterocycles. The molecule has 0 radical (unpaired) electrons. The minimum atomic E-state index is -0.948. The number of carbonyl (C=O) groups excluding carboxylic acids is 11. The number of thioether (sulfide) groups is 1. The summed E-state index contributed by atoms with van der Waals surface area (Å²) in [6, 6.07) is 0. The molecule has 5 unspecified atom stereocenters. The number of likely N-dealkylation sites (tertiary alicyclic amines) is 2. The van der Waals surface area contributed by atoms with Crippen molar-refractivity contribution in [1.29, 1.82) is 0 Å². The average molecular weight is 1100 g/mol. The van der Waals surface area contributed by atoms with E-state index in [4.69, 9.17) is 14.9 Å². The molecule has 4 rings (SSSR count). The van der Waals surface area contributed by atoms with Crippen molar-refractivity contribution in [2.45, 2.75) is 162 Å². The molecule has 2 fully saturated rings. The second-order valence-corrected chi connectivity index (χ2v) is 18.5. The molecule has 0 aromatic rings. The highest BCUT2D eigenvalue weighted by molar-refractivity contribution is 7.97. The van der Waals surface area contributed by atoms with Gasteiger partial charge in [-0.15, -0.1) is 0 Å². The summed E-state index contributed by atoms with van der Waals surface area (Å²) in [4.78, 5) is 143. The maximum absolute atomic E-state index is 11.1. The Kier molecular flexibility index (Phi) is 50.1. The van der Waals surface area contributed by atoms with Crippen LogP contribution in [-0.2, 0) is 67.1 Å². The molecule has 440 valence electrons. The number of hydrogen-bond acceptors (Lipinski definition) is 15. The van der Waals surface area contributed by atoms with E-state index in [0.29, 0.717) is 47.7 Å². The number of imide groups is 3. The summed E-state index contributed by atoms with van der Waals surface area (Å²) >= 11 is 1.75. The summed E-state index contributed by atoms with van der Waals surface area (Å²) in [5.41, 5.74) is 1.64. The Morgan fingerprint density at radius 2 is 1.14 bits per heavy atom. The van der Waals surface area contributed by atoms with Gasteiger partial charge in [0.2, 0.25) is 23.6 Å². The number of aliphatic carboxylic acids is 2. The molecule has 8 amide bonds. The van der Waals surface area contributed by atoms with Crippen LogP contribution in [-0.4, -0.2) is 167 Å². The van der Waals surface area contributed by atoms with Gasteiger partial charge in [-0.25, -0.2) is 0 Å². The fourth-order valence-electron chi connectivity index (χ4n) is 5.91. The quantitative estimate of drug-likeness (QED) is 0.168. The molecule has 0 bridgehead atoms. The molecule has 21 nitrogen and oxygen atoms in total. The smallest absolute Gasteiger partial charge is 0.306 e. The second-order valence-electron chi connectivity index (χ2n) is 17.7. The van der Waals surface area contributed by atoms with E-state index < -0.39 is 23.8 Å². The second kappa shape index (κ2) is 45.3. The first-order chi connectivity index (χ1) is 34.0. The monoisotopic (exact) mass is 1100 g/mol. The van der Waals surface area contributed by atoms with Gasteiger partial charge in [-0.05, 0) is 60.0 Å². The molecule has 22 heteroatoms. The van der Waals surface area contributed by atoms with Gasteiger partial charge in [0.25, 0.3) is 23.6 Å². The van der Waals surface area contributed by atoms with E-state index in [1.165, 1.54) is 46.1 Å². The molecule has 76 heavy (non-hydrogen) atoms. The third-order valence-electron chi connectivity index (χ3n) is 11.3. The lowest BCUT2D eigenvalue weighted by Gasteiger charge is -2.16. The minimum Gasteiger partial charge on any atom is -0.481 e. The molecular weight excluding hydrogens is 1010 g/mol. The van der Waals surface area contributed by atoms with Gasteiger partial charge in [0.05, 0.1) is 12.3 Å². The minimum absolute atomic E-state index is 0. The zero-order valence-electron chi connectivity index (χ0n) is 48.0. The number of ketones is 3. The summed E-state index contributed by atoms with van der Waals surface area (Å²) in [6.07, 6.45) is 9.76. The number of carbonyl (C=O) groups is 13. The maximum atomic E-state index is 11.1.